The molecule has 0 aromatic heterocycles. The van der Waals surface area contributed by atoms with Crippen LogP contribution in [0.25, 0.3) is 0 Å². The maximum Gasteiger partial charge on any atom is 0.115 e. The number of halogens is 2. The number of aromatic hydroxyl groups is 1. The molecule has 0 aliphatic rings. The van der Waals surface area contributed by atoms with E-state index in [1.807, 2.05) is 12.1 Å². The molecule has 0 fully saturated rings. The van der Waals surface area contributed by atoms with Crippen LogP contribution in [0.3, 0.4) is 0 Å². The zero-order valence-corrected chi connectivity index (χ0v) is 10.4. The van der Waals surface area contributed by atoms with E-state index in [1.54, 1.807) is 12.1 Å². The molecule has 1 rings (SSSR count). The number of hydrogen-bond acceptors (Lipinski definition) is 1. The average Bonchev–Trinajstić information content (AvgIpc) is 2.26. The third-order valence-corrected chi connectivity index (χ3v) is 3.94. The van der Waals surface area contributed by atoms with E-state index in [-0.39, 0.29) is 5.41 Å². The van der Waals surface area contributed by atoms with Crippen LogP contribution in [-0.4, -0.2) is 16.9 Å². The van der Waals surface area contributed by atoms with Crippen molar-refractivity contribution in [2.75, 3.05) is 11.8 Å². The van der Waals surface area contributed by atoms with Gasteiger partial charge in [-0.1, -0.05) is 19.1 Å². The van der Waals surface area contributed by atoms with E-state index in [4.69, 9.17) is 23.2 Å². The Kier molecular flexibility index (Phi) is 4.75. The molecule has 3 heteroatoms. The topological polar surface area (TPSA) is 20.2 Å². The Bertz CT molecular complexity index is 300. The minimum absolute atomic E-state index is 0.0586. The Hall–Kier alpha value is -0.400. The number of alkyl halides is 2. The maximum absolute atomic E-state index is 9.36. The fraction of sp³-hybridized carbons (Fsp3) is 0.500. The highest BCUT2D eigenvalue weighted by molar-refractivity contribution is 6.21. The standard InChI is InChI=1S/C12H16Cl2O/c1-2-12(8-13,9-14)7-10-4-3-5-11(15)6-10/h3-6,15H,2,7-9H2,1H3. The molecular formula is C12H16Cl2O. The fourth-order valence-corrected chi connectivity index (χ4v) is 2.40. The number of hydrogen-bond donors (Lipinski definition) is 1. The van der Waals surface area contributed by atoms with Gasteiger partial charge in [-0.2, -0.15) is 0 Å². The second-order valence-corrected chi connectivity index (χ2v) is 4.50. The first-order chi connectivity index (χ1) is 7.15. The normalized spacial score (nSPS) is 11.7. The molecule has 0 unspecified atom stereocenters. The van der Waals surface area contributed by atoms with Crippen LogP contribution >= 0.6 is 23.2 Å². The van der Waals surface area contributed by atoms with E-state index < -0.39 is 0 Å². The van der Waals surface area contributed by atoms with Crippen LogP contribution < -0.4 is 0 Å². The van der Waals surface area contributed by atoms with E-state index in [2.05, 4.69) is 6.92 Å². The molecule has 0 saturated carbocycles. The summed E-state index contributed by atoms with van der Waals surface area (Å²) < 4.78 is 0. The van der Waals surface area contributed by atoms with Gasteiger partial charge in [0, 0.05) is 17.2 Å². The van der Waals surface area contributed by atoms with E-state index in [0.29, 0.717) is 17.5 Å². The lowest BCUT2D eigenvalue weighted by atomic mass is 9.83. The summed E-state index contributed by atoms with van der Waals surface area (Å²) in [5, 5.41) is 9.36. The molecule has 0 saturated heterocycles. The van der Waals surface area contributed by atoms with Crippen LogP contribution in [0.4, 0.5) is 0 Å². The van der Waals surface area contributed by atoms with Crippen molar-refractivity contribution in [3.8, 4) is 5.75 Å². The van der Waals surface area contributed by atoms with E-state index in [0.717, 1.165) is 18.4 Å². The Morgan fingerprint density at radius 2 is 1.93 bits per heavy atom. The monoisotopic (exact) mass is 246 g/mol. The van der Waals surface area contributed by atoms with Crippen LogP contribution in [0, 0.1) is 5.41 Å². The Morgan fingerprint density at radius 3 is 2.40 bits per heavy atom. The summed E-state index contributed by atoms with van der Waals surface area (Å²) >= 11 is 11.9. The molecule has 1 aromatic rings. The number of benzene rings is 1. The summed E-state index contributed by atoms with van der Waals surface area (Å²) in [6, 6.07) is 7.26. The molecule has 0 aliphatic heterocycles. The van der Waals surface area contributed by atoms with E-state index in [9.17, 15) is 5.11 Å². The summed E-state index contributed by atoms with van der Waals surface area (Å²) in [5.74, 6) is 1.38. The van der Waals surface area contributed by atoms with Crippen molar-refractivity contribution in [2.45, 2.75) is 19.8 Å². The van der Waals surface area contributed by atoms with Crippen LogP contribution in [0.1, 0.15) is 18.9 Å². The summed E-state index contributed by atoms with van der Waals surface area (Å²) in [6.07, 6.45) is 1.75. The van der Waals surface area contributed by atoms with Crippen molar-refractivity contribution < 1.29 is 5.11 Å². The van der Waals surface area contributed by atoms with Gasteiger partial charge in [0.25, 0.3) is 0 Å². The van der Waals surface area contributed by atoms with Gasteiger partial charge in [0.15, 0.2) is 0 Å². The van der Waals surface area contributed by atoms with Gasteiger partial charge in [-0.25, -0.2) is 0 Å². The third-order valence-electron chi connectivity index (χ3n) is 2.81. The van der Waals surface area contributed by atoms with Crippen molar-refractivity contribution in [2.24, 2.45) is 5.41 Å². The largest absolute Gasteiger partial charge is 0.508 e. The zero-order valence-electron chi connectivity index (χ0n) is 8.84. The second kappa shape index (κ2) is 5.62. The maximum atomic E-state index is 9.36. The second-order valence-electron chi connectivity index (χ2n) is 3.97. The van der Waals surface area contributed by atoms with Gasteiger partial charge in [-0.3, -0.25) is 0 Å². The SMILES string of the molecule is CCC(CCl)(CCl)Cc1cccc(O)c1. The first-order valence-electron chi connectivity index (χ1n) is 5.05. The van der Waals surface area contributed by atoms with Crippen molar-refractivity contribution in [1.29, 1.82) is 0 Å². The lowest BCUT2D eigenvalue weighted by molar-refractivity contribution is 0.361. The van der Waals surface area contributed by atoms with Crippen molar-refractivity contribution in [3.63, 3.8) is 0 Å². The molecule has 1 aromatic carbocycles. The van der Waals surface area contributed by atoms with Gasteiger partial charge < -0.3 is 5.11 Å². The van der Waals surface area contributed by atoms with E-state index >= 15 is 0 Å². The molecule has 0 bridgehead atoms. The molecule has 0 spiro atoms. The predicted octanol–water partition coefficient (Wildman–Crippen LogP) is 3.81. The molecule has 1 N–H and O–H groups in total. The number of phenols is 1. The zero-order chi connectivity index (χ0) is 11.3. The highest BCUT2D eigenvalue weighted by atomic mass is 35.5. The molecule has 0 radical (unpaired) electrons. The summed E-state index contributed by atoms with van der Waals surface area (Å²) in [5.41, 5.74) is 1.02. The van der Waals surface area contributed by atoms with Crippen LogP contribution in [-0.2, 0) is 6.42 Å². The first kappa shape index (κ1) is 12.7. The van der Waals surface area contributed by atoms with E-state index in [1.165, 1.54) is 0 Å². The van der Waals surface area contributed by atoms with Crippen LogP contribution in [0.2, 0.25) is 0 Å². The summed E-state index contributed by atoms with van der Waals surface area (Å²) in [6.45, 7) is 2.09. The summed E-state index contributed by atoms with van der Waals surface area (Å²) in [4.78, 5) is 0. The average molecular weight is 247 g/mol. The molecule has 0 aliphatic carbocycles. The molecule has 1 nitrogen and oxygen atoms in total. The molecule has 15 heavy (non-hydrogen) atoms. The van der Waals surface area contributed by atoms with Crippen molar-refractivity contribution >= 4 is 23.2 Å². The van der Waals surface area contributed by atoms with Crippen LogP contribution in [0.5, 0.6) is 5.75 Å². The third kappa shape index (κ3) is 3.29. The van der Waals surface area contributed by atoms with Gasteiger partial charge in [-0.05, 0) is 30.5 Å². The minimum atomic E-state index is -0.0586. The van der Waals surface area contributed by atoms with Gasteiger partial charge in [0.1, 0.15) is 5.75 Å². The Balaban J connectivity index is 2.82. The van der Waals surface area contributed by atoms with Gasteiger partial charge in [0.05, 0.1) is 0 Å². The van der Waals surface area contributed by atoms with Gasteiger partial charge >= 0.3 is 0 Å². The molecular weight excluding hydrogens is 231 g/mol. The molecule has 84 valence electrons. The smallest absolute Gasteiger partial charge is 0.115 e. The highest BCUT2D eigenvalue weighted by Gasteiger charge is 2.26. The van der Waals surface area contributed by atoms with Gasteiger partial charge in [0.2, 0.25) is 0 Å². The van der Waals surface area contributed by atoms with Crippen molar-refractivity contribution in [3.05, 3.63) is 29.8 Å². The quantitative estimate of drug-likeness (QED) is 0.784. The predicted molar refractivity (Wildman–Crippen MR) is 66.0 cm³/mol. The first-order valence-corrected chi connectivity index (χ1v) is 6.12. The Morgan fingerprint density at radius 1 is 1.27 bits per heavy atom. The molecule has 0 amide bonds. The van der Waals surface area contributed by atoms with Crippen LogP contribution in [0.15, 0.2) is 24.3 Å². The summed E-state index contributed by atoms with van der Waals surface area (Å²) in [7, 11) is 0. The van der Waals surface area contributed by atoms with Gasteiger partial charge in [-0.15, -0.1) is 23.2 Å². The fourth-order valence-electron chi connectivity index (χ4n) is 1.54. The molecule has 0 heterocycles. The van der Waals surface area contributed by atoms with Crippen molar-refractivity contribution in [1.82, 2.24) is 0 Å². The number of phenolic OH excluding ortho intramolecular Hbond substituents is 1. The number of rotatable bonds is 5. The minimum Gasteiger partial charge on any atom is -0.508 e. The lowest BCUT2D eigenvalue weighted by Crippen LogP contribution is -2.27. The highest BCUT2D eigenvalue weighted by Crippen LogP contribution is 2.31. The Labute approximate surface area is 101 Å². The lowest BCUT2D eigenvalue weighted by Gasteiger charge is -2.28. The molecule has 0 atom stereocenters.